The maximum atomic E-state index is 5.69. The predicted molar refractivity (Wildman–Crippen MR) is 83.8 cm³/mol. The van der Waals surface area contributed by atoms with Gasteiger partial charge in [-0.1, -0.05) is 28.9 Å². The third kappa shape index (κ3) is 4.20. The molecule has 1 aromatic rings. The molecule has 1 saturated heterocycles. The van der Waals surface area contributed by atoms with Crippen LogP contribution in [0, 0.1) is 0 Å². The maximum absolute atomic E-state index is 5.69. The molecule has 0 amide bonds. The van der Waals surface area contributed by atoms with Crippen LogP contribution < -0.4 is 10.2 Å². The van der Waals surface area contributed by atoms with Crippen LogP contribution in [0.25, 0.3) is 0 Å². The van der Waals surface area contributed by atoms with Crippen LogP contribution in [0.1, 0.15) is 25.3 Å². The van der Waals surface area contributed by atoms with Gasteiger partial charge in [0.05, 0.1) is 6.10 Å². The Morgan fingerprint density at radius 3 is 2.95 bits per heavy atom. The second-order valence-corrected chi connectivity index (χ2v) is 5.93. The first kappa shape index (κ1) is 14.8. The first-order valence-electron chi connectivity index (χ1n) is 7.02. The zero-order chi connectivity index (χ0) is 13.7. The van der Waals surface area contributed by atoms with E-state index in [1.54, 1.807) is 0 Å². The zero-order valence-electron chi connectivity index (χ0n) is 11.8. The normalized spacial score (nSPS) is 18.8. The molecule has 0 saturated carbocycles. The minimum Gasteiger partial charge on any atom is -0.376 e. The second kappa shape index (κ2) is 7.27. The summed E-state index contributed by atoms with van der Waals surface area (Å²) in [4.78, 5) is 2.28. The minimum atomic E-state index is 0.394. The van der Waals surface area contributed by atoms with Gasteiger partial charge in [-0.3, -0.25) is 0 Å². The third-order valence-corrected chi connectivity index (χ3v) is 4.28. The van der Waals surface area contributed by atoms with Crippen LogP contribution in [0.15, 0.2) is 22.7 Å². The lowest BCUT2D eigenvalue weighted by Gasteiger charge is -2.23. The molecule has 1 fully saturated rings. The molecule has 0 spiro atoms. The van der Waals surface area contributed by atoms with Gasteiger partial charge < -0.3 is 15.0 Å². The Morgan fingerprint density at radius 1 is 1.47 bits per heavy atom. The summed E-state index contributed by atoms with van der Waals surface area (Å²) in [6.07, 6.45) is 2.78. The maximum Gasteiger partial charge on any atom is 0.0750 e. The molecule has 0 bridgehead atoms. The van der Waals surface area contributed by atoms with Crippen molar-refractivity contribution in [3.05, 3.63) is 28.2 Å². The Kier molecular flexibility index (Phi) is 5.67. The monoisotopic (exact) mass is 326 g/mol. The van der Waals surface area contributed by atoms with E-state index >= 15 is 0 Å². The van der Waals surface area contributed by atoms with Gasteiger partial charge in [0.25, 0.3) is 0 Å². The van der Waals surface area contributed by atoms with Crippen molar-refractivity contribution < 1.29 is 4.74 Å². The highest BCUT2D eigenvalue weighted by atomic mass is 79.9. The summed E-state index contributed by atoms with van der Waals surface area (Å²) in [5, 5.41) is 3.35. The average molecular weight is 327 g/mol. The fourth-order valence-electron chi connectivity index (χ4n) is 2.38. The van der Waals surface area contributed by atoms with E-state index < -0.39 is 0 Å². The van der Waals surface area contributed by atoms with E-state index in [1.807, 2.05) is 0 Å². The number of nitrogens with zero attached hydrogens (tertiary/aromatic N) is 1. The number of likely N-dealkylation sites (N-methyl/N-ethyl adjacent to an activating group) is 1. The molecule has 1 heterocycles. The number of hydrogen-bond donors (Lipinski definition) is 1. The van der Waals surface area contributed by atoms with Crippen LogP contribution in [0.2, 0.25) is 0 Å². The van der Waals surface area contributed by atoms with Gasteiger partial charge in [0.1, 0.15) is 0 Å². The fraction of sp³-hybridized carbons (Fsp3) is 0.600. The van der Waals surface area contributed by atoms with Crippen molar-refractivity contribution in [2.45, 2.75) is 32.4 Å². The number of nitrogens with one attached hydrogen (secondary N) is 1. The van der Waals surface area contributed by atoms with Gasteiger partial charge in [0.2, 0.25) is 0 Å². The molecule has 1 unspecified atom stereocenters. The lowest BCUT2D eigenvalue weighted by molar-refractivity contribution is 0.116. The Balaban J connectivity index is 1.97. The fourth-order valence-corrected chi connectivity index (χ4v) is 2.88. The van der Waals surface area contributed by atoms with Gasteiger partial charge in [-0.05, 0) is 37.1 Å². The van der Waals surface area contributed by atoms with Crippen LogP contribution in [-0.4, -0.2) is 32.8 Å². The summed E-state index contributed by atoms with van der Waals surface area (Å²) in [6, 6.07) is 6.57. The second-order valence-electron chi connectivity index (χ2n) is 5.07. The first-order valence-corrected chi connectivity index (χ1v) is 7.82. The Labute approximate surface area is 124 Å². The standard InChI is InChI=1S/C15H23BrN2O/c1-3-17-10-12-6-7-13(9-15(12)16)18(2)11-14-5-4-8-19-14/h6-7,9,14,17H,3-5,8,10-11H2,1-2H3. The molecule has 1 aromatic carbocycles. The lowest BCUT2D eigenvalue weighted by Crippen LogP contribution is -2.28. The molecule has 2 rings (SSSR count). The molecule has 19 heavy (non-hydrogen) atoms. The molecule has 1 aliphatic rings. The van der Waals surface area contributed by atoms with Crippen LogP contribution in [0.5, 0.6) is 0 Å². The Morgan fingerprint density at radius 2 is 2.32 bits per heavy atom. The Hall–Kier alpha value is -0.580. The highest BCUT2D eigenvalue weighted by molar-refractivity contribution is 9.10. The van der Waals surface area contributed by atoms with Gasteiger partial charge in [-0.2, -0.15) is 0 Å². The number of ether oxygens (including phenoxy) is 1. The predicted octanol–water partition coefficient (Wildman–Crippen LogP) is 3.17. The number of benzene rings is 1. The molecule has 1 N–H and O–H groups in total. The summed E-state index contributed by atoms with van der Waals surface area (Å²) in [6.45, 7) is 5.92. The van der Waals surface area contributed by atoms with Gasteiger partial charge >= 0.3 is 0 Å². The van der Waals surface area contributed by atoms with E-state index in [4.69, 9.17) is 4.74 Å². The number of anilines is 1. The summed E-state index contributed by atoms with van der Waals surface area (Å²) >= 11 is 3.66. The molecule has 4 heteroatoms. The van der Waals surface area contributed by atoms with E-state index in [2.05, 4.69) is 58.3 Å². The highest BCUT2D eigenvalue weighted by Crippen LogP contribution is 2.25. The average Bonchev–Trinajstić information content (AvgIpc) is 2.90. The number of hydrogen-bond acceptors (Lipinski definition) is 3. The smallest absolute Gasteiger partial charge is 0.0750 e. The van der Waals surface area contributed by atoms with Crippen molar-refractivity contribution in [2.24, 2.45) is 0 Å². The summed E-state index contributed by atoms with van der Waals surface area (Å²) in [5.41, 5.74) is 2.54. The third-order valence-electron chi connectivity index (χ3n) is 3.54. The van der Waals surface area contributed by atoms with Crippen LogP contribution in [-0.2, 0) is 11.3 Å². The topological polar surface area (TPSA) is 24.5 Å². The van der Waals surface area contributed by atoms with Crippen molar-refractivity contribution in [1.29, 1.82) is 0 Å². The molecular formula is C15H23BrN2O. The molecule has 0 aliphatic carbocycles. The largest absolute Gasteiger partial charge is 0.376 e. The molecule has 1 aliphatic heterocycles. The zero-order valence-corrected chi connectivity index (χ0v) is 13.4. The lowest BCUT2D eigenvalue weighted by atomic mass is 10.1. The van der Waals surface area contributed by atoms with Crippen LogP contribution in [0.4, 0.5) is 5.69 Å². The van der Waals surface area contributed by atoms with Gasteiger partial charge in [-0.15, -0.1) is 0 Å². The molecule has 106 valence electrons. The summed E-state index contributed by atoms with van der Waals surface area (Å²) in [7, 11) is 2.13. The van der Waals surface area contributed by atoms with Crippen LogP contribution >= 0.6 is 15.9 Å². The van der Waals surface area contributed by atoms with Crippen molar-refractivity contribution in [3.63, 3.8) is 0 Å². The van der Waals surface area contributed by atoms with E-state index in [0.29, 0.717) is 6.10 Å². The van der Waals surface area contributed by atoms with Crippen molar-refractivity contribution in [1.82, 2.24) is 5.32 Å². The van der Waals surface area contributed by atoms with Crippen molar-refractivity contribution in [3.8, 4) is 0 Å². The van der Waals surface area contributed by atoms with Crippen LogP contribution in [0.3, 0.4) is 0 Å². The van der Waals surface area contributed by atoms with E-state index in [9.17, 15) is 0 Å². The minimum absolute atomic E-state index is 0.394. The first-order chi connectivity index (χ1) is 9.20. The summed E-state index contributed by atoms with van der Waals surface area (Å²) in [5.74, 6) is 0. The van der Waals surface area contributed by atoms with Crippen molar-refractivity contribution in [2.75, 3.05) is 31.6 Å². The van der Waals surface area contributed by atoms with E-state index in [0.717, 1.165) is 26.2 Å². The molecule has 0 aromatic heterocycles. The van der Waals surface area contributed by atoms with E-state index in [-0.39, 0.29) is 0 Å². The quantitative estimate of drug-likeness (QED) is 0.869. The number of rotatable bonds is 6. The Bertz CT molecular complexity index is 405. The number of halogens is 1. The molecule has 0 radical (unpaired) electrons. The molecule has 3 nitrogen and oxygen atoms in total. The van der Waals surface area contributed by atoms with Gasteiger partial charge in [0, 0.05) is 36.9 Å². The summed E-state index contributed by atoms with van der Waals surface area (Å²) < 4.78 is 6.86. The van der Waals surface area contributed by atoms with E-state index in [1.165, 1.54) is 28.6 Å². The molecule has 1 atom stereocenters. The van der Waals surface area contributed by atoms with Gasteiger partial charge in [0.15, 0.2) is 0 Å². The van der Waals surface area contributed by atoms with Gasteiger partial charge in [-0.25, -0.2) is 0 Å². The highest BCUT2D eigenvalue weighted by Gasteiger charge is 2.17. The SMILES string of the molecule is CCNCc1ccc(N(C)CC2CCCO2)cc1Br. The molecular weight excluding hydrogens is 304 g/mol. The van der Waals surface area contributed by atoms with Crippen molar-refractivity contribution >= 4 is 21.6 Å².